The molecule has 0 aliphatic carbocycles. The first-order chi connectivity index (χ1) is 25.2. The number of carbonyl (C=O) groups is 1. The second-order valence-corrected chi connectivity index (χ2v) is 14.7. The number of aliphatic hydroxyl groups excluding tert-OH is 2. The van der Waals surface area contributed by atoms with E-state index in [-0.39, 0.29) is 12.5 Å². The lowest BCUT2D eigenvalue weighted by Crippen LogP contribution is -2.45. The molecule has 0 fully saturated rings. The van der Waals surface area contributed by atoms with Crippen molar-refractivity contribution in [1.29, 1.82) is 0 Å². The van der Waals surface area contributed by atoms with Gasteiger partial charge in [-0.15, -0.1) is 0 Å². The zero-order valence-corrected chi connectivity index (χ0v) is 33.9. The van der Waals surface area contributed by atoms with Crippen molar-refractivity contribution in [2.24, 2.45) is 0 Å². The Balaban J connectivity index is 3.63. The molecule has 0 aromatic heterocycles. The molecular weight excluding hydrogens is 627 g/mol. The molecule has 4 heteroatoms. The highest BCUT2D eigenvalue weighted by molar-refractivity contribution is 5.76. The zero-order valence-electron chi connectivity index (χ0n) is 33.9. The van der Waals surface area contributed by atoms with Gasteiger partial charge in [-0.2, -0.15) is 0 Å². The largest absolute Gasteiger partial charge is 0.394 e. The van der Waals surface area contributed by atoms with Crippen LogP contribution in [0, 0.1) is 0 Å². The molecule has 51 heavy (non-hydrogen) atoms. The summed E-state index contributed by atoms with van der Waals surface area (Å²) >= 11 is 0. The van der Waals surface area contributed by atoms with Gasteiger partial charge < -0.3 is 15.5 Å². The van der Waals surface area contributed by atoms with Crippen LogP contribution in [0.3, 0.4) is 0 Å². The summed E-state index contributed by atoms with van der Waals surface area (Å²) in [6, 6.07) is -0.647. The van der Waals surface area contributed by atoms with Crippen molar-refractivity contribution in [2.45, 2.75) is 225 Å². The third-order valence-electron chi connectivity index (χ3n) is 9.70. The molecule has 0 aliphatic rings. The fraction of sp³-hybridized carbons (Fsp3) is 0.766. The highest BCUT2D eigenvalue weighted by Gasteiger charge is 2.17. The molecule has 0 bridgehead atoms. The molecule has 4 nitrogen and oxygen atoms in total. The van der Waals surface area contributed by atoms with Crippen LogP contribution in [0.2, 0.25) is 0 Å². The van der Waals surface area contributed by atoms with E-state index in [4.69, 9.17) is 0 Å². The van der Waals surface area contributed by atoms with E-state index >= 15 is 0 Å². The maximum Gasteiger partial charge on any atom is 0.220 e. The summed E-state index contributed by atoms with van der Waals surface area (Å²) in [4.78, 5) is 12.4. The summed E-state index contributed by atoms with van der Waals surface area (Å²) in [7, 11) is 0. The number of nitrogens with one attached hydrogen (secondary N) is 1. The minimum absolute atomic E-state index is 0.0821. The van der Waals surface area contributed by atoms with Gasteiger partial charge in [0.05, 0.1) is 18.8 Å². The van der Waals surface area contributed by atoms with Crippen molar-refractivity contribution < 1.29 is 15.0 Å². The van der Waals surface area contributed by atoms with Crippen LogP contribution in [0.4, 0.5) is 0 Å². The molecule has 0 saturated heterocycles. The second kappa shape index (κ2) is 42.5. The smallest absolute Gasteiger partial charge is 0.220 e. The van der Waals surface area contributed by atoms with Crippen molar-refractivity contribution in [2.75, 3.05) is 6.61 Å². The van der Waals surface area contributed by atoms with E-state index in [1.807, 2.05) is 6.08 Å². The Labute approximate surface area is 317 Å². The number of aliphatic hydroxyl groups is 2. The second-order valence-electron chi connectivity index (χ2n) is 14.7. The molecule has 0 radical (unpaired) electrons. The number of allylic oxidation sites excluding steroid dienone is 9. The normalized spacial score (nSPS) is 13.6. The van der Waals surface area contributed by atoms with Gasteiger partial charge in [-0.3, -0.25) is 4.79 Å². The molecule has 0 spiro atoms. The van der Waals surface area contributed by atoms with Gasteiger partial charge in [0.15, 0.2) is 0 Å². The van der Waals surface area contributed by atoms with Crippen molar-refractivity contribution in [1.82, 2.24) is 5.32 Å². The van der Waals surface area contributed by atoms with E-state index < -0.39 is 12.1 Å². The summed E-state index contributed by atoms with van der Waals surface area (Å²) in [5.41, 5.74) is 0. The van der Waals surface area contributed by atoms with E-state index in [2.05, 4.69) is 67.8 Å². The van der Waals surface area contributed by atoms with E-state index in [0.717, 1.165) is 44.9 Å². The van der Waals surface area contributed by atoms with Gasteiger partial charge in [-0.25, -0.2) is 0 Å². The van der Waals surface area contributed by atoms with Gasteiger partial charge >= 0.3 is 0 Å². The number of carbonyl (C=O) groups excluding carboxylic acids is 1. The highest BCUT2D eigenvalue weighted by atomic mass is 16.3. The Morgan fingerprint density at radius 1 is 0.471 bits per heavy atom. The predicted molar refractivity (Wildman–Crippen MR) is 225 cm³/mol. The van der Waals surface area contributed by atoms with Gasteiger partial charge in [-0.05, 0) is 77.0 Å². The molecule has 296 valence electrons. The molecule has 2 unspecified atom stereocenters. The van der Waals surface area contributed by atoms with E-state index in [1.165, 1.54) is 148 Å². The van der Waals surface area contributed by atoms with Crippen LogP contribution < -0.4 is 5.32 Å². The Morgan fingerprint density at radius 3 is 1.25 bits per heavy atom. The highest BCUT2D eigenvalue weighted by Crippen LogP contribution is 2.13. The maximum atomic E-state index is 12.4. The third-order valence-corrected chi connectivity index (χ3v) is 9.70. The first-order valence-electron chi connectivity index (χ1n) is 22.0. The lowest BCUT2D eigenvalue weighted by atomic mass is 10.0. The molecule has 0 aliphatic heterocycles. The number of unbranched alkanes of at least 4 members (excludes halogenated alkanes) is 24. The van der Waals surface area contributed by atoms with Crippen molar-refractivity contribution in [3.05, 3.63) is 60.8 Å². The van der Waals surface area contributed by atoms with Crippen molar-refractivity contribution in [3.8, 4) is 0 Å². The SMILES string of the molecule is CCCCCCC/C=C\C/C=C\CCCCCCCCCCCCCC(=O)NC(CO)C(O)/C=C/CC/C=C/CC/C=C/CCCCCCCC. The zero-order chi connectivity index (χ0) is 37.1. The molecule has 0 saturated carbocycles. The number of amides is 1. The molecule has 2 atom stereocenters. The van der Waals surface area contributed by atoms with Crippen LogP contribution >= 0.6 is 0 Å². The molecule has 0 rings (SSSR count). The van der Waals surface area contributed by atoms with E-state index in [1.54, 1.807) is 6.08 Å². The maximum absolute atomic E-state index is 12.4. The first-order valence-corrected chi connectivity index (χ1v) is 22.0. The van der Waals surface area contributed by atoms with Gasteiger partial charge in [-0.1, -0.05) is 190 Å². The van der Waals surface area contributed by atoms with E-state index in [9.17, 15) is 15.0 Å². The minimum Gasteiger partial charge on any atom is -0.394 e. The standard InChI is InChI=1S/C47H85NO3/c1-3-5-7-9-11-13-15-17-19-21-22-23-24-25-26-27-29-31-33-35-37-39-41-43-47(51)48-45(44-49)46(50)42-40-38-36-34-32-30-28-20-18-16-14-12-10-8-6-4-2/h15,17-18,20-22,32,34,40,42,45-46,49-50H,3-14,16,19,23-31,33,35-39,41,43-44H2,1-2H3,(H,48,51)/b17-15-,20-18+,22-21-,34-32+,42-40+. The molecular formula is C47H85NO3. The summed E-state index contributed by atoms with van der Waals surface area (Å²) < 4.78 is 0. The van der Waals surface area contributed by atoms with Crippen LogP contribution in [0.5, 0.6) is 0 Å². The Morgan fingerprint density at radius 2 is 0.824 bits per heavy atom. The van der Waals surface area contributed by atoms with Gasteiger partial charge in [0.2, 0.25) is 5.91 Å². The lowest BCUT2D eigenvalue weighted by molar-refractivity contribution is -0.123. The number of hydrogen-bond acceptors (Lipinski definition) is 3. The summed E-state index contributed by atoms with van der Waals surface area (Å²) in [5, 5.41) is 23.0. The van der Waals surface area contributed by atoms with Crippen molar-refractivity contribution >= 4 is 5.91 Å². The predicted octanol–water partition coefficient (Wildman–Crippen LogP) is 13.7. The first kappa shape index (κ1) is 49.1. The van der Waals surface area contributed by atoms with Crippen LogP contribution in [0.1, 0.15) is 213 Å². The Bertz CT molecular complexity index is 858. The average Bonchev–Trinajstić information content (AvgIpc) is 3.13. The number of hydrogen-bond donors (Lipinski definition) is 3. The Hall–Kier alpha value is -1.91. The van der Waals surface area contributed by atoms with Gasteiger partial charge in [0.1, 0.15) is 0 Å². The topological polar surface area (TPSA) is 69.6 Å². The monoisotopic (exact) mass is 712 g/mol. The van der Waals surface area contributed by atoms with Gasteiger partial charge in [0.25, 0.3) is 0 Å². The summed E-state index contributed by atoms with van der Waals surface area (Å²) in [6.45, 7) is 4.27. The molecule has 3 N–H and O–H groups in total. The fourth-order valence-electron chi connectivity index (χ4n) is 6.30. The molecule has 0 aromatic rings. The quantitative estimate of drug-likeness (QED) is 0.0439. The summed E-state index contributed by atoms with van der Waals surface area (Å²) in [6.07, 6.45) is 59.0. The van der Waals surface area contributed by atoms with Gasteiger partial charge in [0, 0.05) is 6.42 Å². The lowest BCUT2D eigenvalue weighted by Gasteiger charge is -2.19. The van der Waals surface area contributed by atoms with Crippen LogP contribution in [0.25, 0.3) is 0 Å². The molecule has 0 aromatic carbocycles. The van der Waals surface area contributed by atoms with Crippen LogP contribution in [-0.4, -0.2) is 34.9 Å². The fourth-order valence-corrected chi connectivity index (χ4v) is 6.30. The molecule has 0 heterocycles. The molecule has 1 amide bonds. The summed E-state index contributed by atoms with van der Waals surface area (Å²) in [5.74, 6) is -0.0821. The minimum atomic E-state index is -0.872. The average molecular weight is 712 g/mol. The van der Waals surface area contributed by atoms with Crippen LogP contribution in [-0.2, 0) is 4.79 Å². The van der Waals surface area contributed by atoms with Crippen LogP contribution in [0.15, 0.2) is 60.8 Å². The van der Waals surface area contributed by atoms with E-state index in [0.29, 0.717) is 6.42 Å². The van der Waals surface area contributed by atoms with Crippen molar-refractivity contribution in [3.63, 3.8) is 0 Å². The number of rotatable bonds is 39. The third kappa shape index (κ3) is 39.1. The Kier molecular flexibility index (Phi) is 40.9.